The topological polar surface area (TPSA) is 17.1 Å². The SMILES string of the molecule is CC(C)C(c1ccccc1)C1CCCC1=O. The Hall–Kier alpha value is -1.11. The Morgan fingerprint density at radius 1 is 1.19 bits per heavy atom. The van der Waals surface area contributed by atoms with Crippen LogP contribution in [0, 0.1) is 11.8 Å². The molecule has 0 heterocycles. The molecular formula is C15H20O. The minimum absolute atomic E-state index is 0.266. The average Bonchev–Trinajstić information content (AvgIpc) is 2.66. The van der Waals surface area contributed by atoms with Crippen molar-refractivity contribution >= 4 is 5.78 Å². The Morgan fingerprint density at radius 3 is 2.38 bits per heavy atom. The van der Waals surface area contributed by atoms with E-state index in [1.807, 2.05) is 6.07 Å². The Bertz CT molecular complexity index is 353. The fraction of sp³-hybridized carbons (Fsp3) is 0.533. The van der Waals surface area contributed by atoms with Crippen LogP contribution in [-0.2, 0) is 4.79 Å². The van der Waals surface area contributed by atoms with Crippen molar-refractivity contribution in [3.8, 4) is 0 Å². The van der Waals surface area contributed by atoms with Crippen molar-refractivity contribution < 1.29 is 4.79 Å². The van der Waals surface area contributed by atoms with Crippen molar-refractivity contribution in [2.75, 3.05) is 0 Å². The largest absolute Gasteiger partial charge is 0.299 e. The highest BCUT2D eigenvalue weighted by Gasteiger charge is 2.34. The van der Waals surface area contributed by atoms with Crippen molar-refractivity contribution in [1.29, 1.82) is 0 Å². The van der Waals surface area contributed by atoms with Gasteiger partial charge in [0.25, 0.3) is 0 Å². The lowest BCUT2D eigenvalue weighted by Gasteiger charge is -2.26. The lowest BCUT2D eigenvalue weighted by Crippen LogP contribution is -2.21. The number of hydrogen-bond acceptors (Lipinski definition) is 1. The standard InChI is InChI=1S/C15H20O/c1-11(2)15(12-7-4-3-5-8-12)13-9-6-10-14(13)16/h3-5,7-8,11,13,15H,6,9-10H2,1-2H3. The molecule has 2 atom stereocenters. The molecule has 0 aromatic heterocycles. The molecule has 1 heteroatoms. The van der Waals surface area contributed by atoms with Crippen LogP contribution in [0.2, 0.25) is 0 Å². The van der Waals surface area contributed by atoms with Gasteiger partial charge in [0.05, 0.1) is 0 Å². The van der Waals surface area contributed by atoms with Gasteiger partial charge in [-0.2, -0.15) is 0 Å². The van der Waals surface area contributed by atoms with Crippen LogP contribution in [0.15, 0.2) is 30.3 Å². The summed E-state index contributed by atoms with van der Waals surface area (Å²) in [6.07, 6.45) is 2.96. The summed E-state index contributed by atoms with van der Waals surface area (Å²) in [5.74, 6) is 1.69. The van der Waals surface area contributed by atoms with Gasteiger partial charge in [0.15, 0.2) is 0 Å². The molecule has 0 saturated heterocycles. The van der Waals surface area contributed by atoms with E-state index in [1.165, 1.54) is 5.56 Å². The molecule has 2 unspecified atom stereocenters. The third-order valence-corrected chi connectivity index (χ3v) is 3.69. The van der Waals surface area contributed by atoms with Gasteiger partial charge in [-0.15, -0.1) is 0 Å². The number of carbonyl (C=O) groups is 1. The summed E-state index contributed by atoms with van der Waals surface area (Å²) in [7, 11) is 0. The third-order valence-electron chi connectivity index (χ3n) is 3.69. The van der Waals surface area contributed by atoms with E-state index in [2.05, 4.69) is 38.1 Å². The smallest absolute Gasteiger partial charge is 0.136 e. The molecule has 0 aliphatic heterocycles. The molecule has 0 radical (unpaired) electrons. The van der Waals surface area contributed by atoms with E-state index in [4.69, 9.17) is 0 Å². The lowest BCUT2D eigenvalue weighted by atomic mass is 9.77. The zero-order chi connectivity index (χ0) is 11.5. The number of ketones is 1. The van der Waals surface area contributed by atoms with Gasteiger partial charge < -0.3 is 0 Å². The highest BCUT2D eigenvalue weighted by atomic mass is 16.1. The van der Waals surface area contributed by atoms with Gasteiger partial charge in [0, 0.05) is 12.3 Å². The number of benzene rings is 1. The summed E-state index contributed by atoms with van der Waals surface area (Å²) in [5, 5.41) is 0. The molecule has 86 valence electrons. The molecule has 0 spiro atoms. The summed E-state index contributed by atoms with van der Waals surface area (Å²) in [6, 6.07) is 10.5. The summed E-state index contributed by atoms with van der Waals surface area (Å²) >= 11 is 0. The maximum Gasteiger partial charge on any atom is 0.136 e. The molecule has 0 N–H and O–H groups in total. The maximum atomic E-state index is 11.9. The quantitative estimate of drug-likeness (QED) is 0.751. The predicted octanol–water partition coefficient (Wildman–Crippen LogP) is 3.80. The Balaban J connectivity index is 2.27. The Labute approximate surface area is 97.9 Å². The van der Waals surface area contributed by atoms with E-state index in [1.54, 1.807) is 0 Å². The highest BCUT2D eigenvalue weighted by Crippen LogP contribution is 2.39. The molecule has 0 amide bonds. The van der Waals surface area contributed by atoms with Crippen molar-refractivity contribution in [3.05, 3.63) is 35.9 Å². The summed E-state index contributed by atoms with van der Waals surface area (Å²) < 4.78 is 0. The Kier molecular flexibility index (Phi) is 3.42. The van der Waals surface area contributed by atoms with Crippen LogP contribution < -0.4 is 0 Å². The predicted molar refractivity (Wildman–Crippen MR) is 66.4 cm³/mol. The van der Waals surface area contributed by atoms with E-state index in [0.29, 0.717) is 17.6 Å². The zero-order valence-electron chi connectivity index (χ0n) is 10.1. The van der Waals surface area contributed by atoms with Gasteiger partial charge in [-0.3, -0.25) is 4.79 Å². The van der Waals surface area contributed by atoms with E-state index in [0.717, 1.165) is 19.3 Å². The number of rotatable bonds is 3. The minimum Gasteiger partial charge on any atom is -0.299 e. The second kappa shape index (κ2) is 4.82. The average molecular weight is 216 g/mol. The normalized spacial score (nSPS) is 22.7. The fourth-order valence-corrected chi connectivity index (χ4v) is 2.98. The summed E-state index contributed by atoms with van der Waals surface area (Å²) in [6.45, 7) is 4.45. The van der Waals surface area contributed by atoms with Crippen LogP contribution in [0.25, 0.3) is 0 Å². The monoisotopic (exact) mass is 216 g/mol. The Morgan fingerprint density at radius 2 is 1.88 bits per heavy atom. The van der Waals surface area contributed by atoms with Crippen LogP contribution in [0.3, 0.4) is 0 Å². The first kappa shape index (κ1) is 11.4. The van der Waals surface area contributed by atoms with Crippen LogP contribution >= 0.6 is 0 Å². The second-order valence-electron chi connectivity index (χ2n) is 5.15. The van der Waals surface area contributed by atoms with Gasteiger partial charge in [-0.25, -0.2) is 0 Å². The van der Waals surface area contributed by atoms with E-state index >= 15 is 0 Å². The van der Waals surface area contributed by atoms with Gasteiger partial charge in [0.1, 0.15) is 5.78 Å². The molecule has 16 heavy (non-hydrogen) atoms. The number of hydrogen-bond donors (Lipinski definition) is 0. The lowest BCUT2D eigenvalue weighted by molar-refractivity contribution is -0.121. The first-order valence-electron chi connectivity index (χ1n) is 6.28. The van der Waals surface area contributed by atoms with E-state index in [9.17, 15) is 4.79 Å². The summed E-state index contributed by atoms with van der Waals surface area (Å²) in [4.78, 5) is 11.9. The van der Waals surface area contributed by atoms with E-state index in [-0.39, 0.29) is 5.92 Å². The van der Waals surface area contributed by atoms with Crippen molar-refractivity contribution in [3.63, 3.8) is 0 Å². The van der Waals surface area contributed by atoms with Crippen LogP contribution in [0.4, 0.5) is 0 Å². The van der Waals surface area contributed by atoms with Crippen molar-refractivity contribution in [2.45, 2.75) is 39.0 Å². The second-order valence-corrected chi connectivity index (χ2v) is 5.15. The molecule has 2 rings (SSSR count). The molecule has 1 aromatic rings. The molecule has 1 aromatic carbocycles. The van der Waals surface area contributed by atoms with Crippen LogP contribution in [-0.4, -0.2) is 5.78 Å². The molecular weight excluding hydrogens is 196 g/mol. The van der Waals surface area contributed by atoms with E-state index < -0.39 is 0 Å². The van der Waals surface area contributed by atoms with Crippen LogP contribution in [0.1, 0.15) is 44.6 Å². The molecule has 1 saturated carbocycles. The highest BCUT2D eigenvalue weighted by molar-refractivity contribution is 5.83. The molecule has 0 bridgehead atoms. The molecule has 1 aliphatic rings. The summed E-state index contributed by atoms with van der Waals surface area (Å²) in [5.41, 5.74) is 1.33. The molecule has 1 nitrogen and oxygen atoms in total. The van der Waals surface area contributed by atoms with Gasteiger partial charge in [-0.1, -0.05) is 44.2 Å². The third kappa shape index (κ3) is 2.18. The number of Topliss-reactive ketones (excluding diaryl/α,β-unsaturated/α-hetero) is 1. The first-order valence-corrected chi connectivity index (χ1v) is 6.28. The first-order chi connectivity index (χ1) is 7.70. The van der Waals surface area contributed by atoms with Gasteiger partial charge in [0.2, 0.25) is 0 Å². The molecule has 1 aliphatic carbocycles. The minimum atomic E-state index is 0.266. The molecule has 1 fully saturated rings. The zero-order valence-corrected chi connectivity index (χ0v) is 10.1. The van der Waals surface area contributed by atoms with Gasteiger partial charge >= 0.3 is 0 Å². The van der Waals surface area contributed by atoms with Crippen molar-refractivity contribution in [1.82, 2.24) is 0 Å². The van der Waals surface area contributed by atoms with Crippen LogP contribution in [0.5, 0.6) is 0 Å². The number of carbonyl (C=O) groups excluding carboxylic acids is 1. The van der Waals surface area contributed by atoms with Gasteiger partial charge in [-0.05, 0) is 30.2 Å². The maximum absolute atomic E-state index is 11.9. The van der Waals surface area contributed by atoms with Crippen molar-refractivity contribution in [2.24, 2.45) is 11.8 Å². The fourth-order valence-electron chi connectivity index (χ4n) is 2.98.